The average molecular weight is 399 g/mol. The fraction of sp³-hybridized carbons (Fsp3) is 0.429. The maximum Gasteiger partial charge on any atom is 0.322 e. The Morgan fingerprint density at radius 3 is 2.79 bits per heavy atom. The van der Waals surface area contributed by atoms with Gasteiger partial charge in [-0.3, -0.25) is 9.69 Å². The number of fused-ring (bicyclic) bond motifs is 2. The topological polar surface area (TPSA) is 64.7 Å². The fourth-order valence-electron chi connectivity index (χ4n) is 4.05. The van der Waals surface area contributed by atoms with Crippen molar-refractivity contribution in [3.63, 3.8) is 0 Å². The molecule has 2 saturated heterocycles. The quantitative estimate of drug-likeness (QED) is 0.814. The van der Waals surface area contributed by atoms with E-state index >= 15 is 0 Å². The van der Waals surface area contributed by atoms with Crippen LogP contribution in [0, 0.1) is 0 Å². The molecule has 6 nitrogen and oxygen atoms in total. The maximum atomic E-state index is 12.8. The van der Waals surface area contributed by atoms with Crippen LogP contribution >= 0.6 is 11.3 Å². The lowest BCUT2D eigenvalue weighted by Gasteiger charge is -2.40. The lowest BCUT2D eigenvalue weighted by atomic mass is 10.0. The molecule has 0 saturated carbocycles. The Bertz CT molecular complexity index is 811. The van der Waals surface area contributed by atoms with Crippen LogP contribution in [-0.4, -0.2) is 60.0 Å². The average Bonchev–Trinajstić information content (AvgIpc) is 3.38. The van der Waals surface area contributed by atoms with Crippen LogP contribution in [0.4, 0.5) is 10.5 Å². The molecule has 2 N–H and O–H groups in total. The number of urea groups is 1. The molecule has 4 rings (SSSR count). The molecule has 3 amide bonds. The molecule has 1 aromatic carbocycles. The summed E-state index contributed by atoms with van der Waals surface area (Å²) in [5.74, 6) is -0.112. The van der Waals surface area contributed by atoms with Crippen molar-refractivity contribution in [2.24, 2.45) is 0 Å². The van der Waals surface area contributed by atoms with E-state index in [0.29, 0.717) is 13.1 Å². The highest BCUT2D eigenvalue weighted by Crippen LogP contribution is 2.26. The van der Waals surface area contributed by atoms with Crippen LogP contribution in [0.3, 0.4) is 0 Å². The number of carbonyl (C=O) groups excluding carboxylic acids is 2. The second kappa shape index (κ2) is 8.32. The molecule has 4 atom stereocenters. The summed E-state index contributed by atoms with van der Waals surface area (Å²) < 4.78 is 0. The minimum atomic E-state index is -0.154. The molecule has 2 bridgehead atoms. The second-order valence-corrected chi connectivity index (χ2v) is 8.34. The molecule has 0 radical (unpaired) electrons. The monoisotopic (exact) mass is 398 g/mol. The van der Waals surface area contributed by atoms with Crippen LogP contribution in [0.5, 0.6) is 0 Å². The molecule has 2 aromatic rings. The van der Waals surface area contributed by atoms with Gasteiger partial charge in [0.2, 0.25) is 5.91 Å². The molecule has 2 aliphatic heterocycles. The van der Waals surface area contributed by atoms with Gasteiger partial charge in [-0.15, -0.1) is 0 Å². The Morgan fingerprint density at radius 2 is 2.04 bits per heavy atom. The number of para-hydroxylation sites is 1. The smallest absolute Gasteiger partial charge is 0.322 e. The summed E-state index contributed by atoms with van der Waals surface area (Å²) in [6.07, 6.45) is 0.984. The molecular weight excluding hydrogens is 372 g/mol. The highest BCUT2D eigenvalue weighted by Gasteiger charge is 2.40. The lowest BCUT2D eigenvalue weighted by Crippen LogP contribution is -2.58. The zero-order valence-corrected chi connectivity index (χ0v) is 16.8. The van der Waals surface area contributed by atoms with E-state index in [0.717, 1.165) is 30.8 Å². The zero-order chi connectivity index (χ0) is 19.5. The molecular formula is C21H26N4O2S. The van der Waals surface area contributed by atoms with Gasteiger partial charge in [0.25, 0.3) is 0 Å². The van der Waals surface area contributed by atoms with Gasteiger partial charge in [0.1, 0.15) is 0 Å². The van der Waals surface area contributed by atoms with E-state index in [4.69, 9.17) is 0 Å². The van der Waals surface area contributed by atoms with Crippen molar-refractivity contribution in [1.29, 1.82) is 0 Å². The molecule has 2 aliphatic rings. The third kappa shape index (κ3) is 4.05. The van der Waals surface area contributed by atoms with Crippen molar-refractivity contribution in [3.05, 3.63) is 52.7 Å². The molecule has 1 aromatic heterocycles. The van der Waals surface area contributed by atoms with Crippen molar-refractivity contribution < 1.29 is 9.59 Å². The van der Waals surface area contributed by atoms with Gasteiger partial charge < -0.3 is 15.5 Å². The molecule has 148 valence electrons. The molecule has 28 heavy (non-hydrogen) atoms. The number of nitrogens with zero attached hydrogens (tertiary/aromatic N) is 2. The first-order chi connectivity index (χ1) is 13.6. The number of anilines is 1. The van der Waals surface area contributed by atoms with Crippen molar-refractivity contribution in [2.75, 3.05) is 31.5 Å². The Hall–Kier alpha value is -2.38. The van der Waals surface area contributed by atoms with Gasteiger partial charge in [0, 0.05) is 44.0 Å². The number of rotatable bonds is 5. The van der Waals surface area contributed by atoms with Crippen molar-refractivity contribution in [3.8, 4) is 0 Å². The standard InChI is InChI=1S/C21H26N4O2S/c1-15(16-8-10-28-14-16)20(26)22-11-19-13-25(18-7-9-24(19)12-18)21(27)23-17-5-3-2-4-6-17/h2-6,8,10,14-15,18-19H,7,9,11-13H2,1H3,(H,22,26)(H,23,27)/t15-,18+,19+/m1/s1. The molecule has 0 aliphatic carbocycles. The Balaban J connectivity index is 1.35. The SMILES string of the molecule is C[C@@H](C(=O)NC[C@H]1CN(C(=O)Nc2ccccc2)[C@H]2CCN1C2)c1ccsc1. The van der Waals surface area contributed by atoms with Crippen LogP contribution in [0.25, 0.3) is 0 Å². The summed E-state index contributed by atoms with van der Waals surface area (Å²) >= 11 is 1.61. The normalized spacial score (nSPS) is 24.6. The van der Waals surface area contributed by atoms with Crippen LogP contribution in [0.2, 0.25) is 0 Å². The highest BCUT2D eigenvalue weighted by molar-refractivity contribution is 7.08. The third-order valence-electron chi connectivity index (χ3n) is 5.79. The van der Waals surface area contributed by atoms with E-state index in [1.165, 1.54) is 0 Å². The summed E-state index contributed by atoms with van der Waals surface area (Å²) in [7, 11) is 0. The number of hydrogen-bond donors (Lipinski definition) is 2. The van der Waals surface area contributed by atoms with Crippen LogP contribution < -0.4 is 10.6 Å². The van der Waals surface area contributed by atoms with E-state index in [2.05, 4.69) is 15.5 Å². The van der Waals surface area contributed by atoms with E-state index in [-0.39, 0.29) is 29.9 Å². The van der Waals surface area contributed by atoms with Gasteiger partial charge in [-0.25, -0.2) is 4.79 Å². The largest absolute Gasteiger partial charge is 0.354 e. The Kier molecular flexibility index (Phi) is 5.64. The third-order valence-corrected chi connectivity index (χ3v) is 6.50. The van der Waals surface area contributed by atoms with Gasteiger partial charge in [0.15, 0.2) is 0 Å². The van der Waals surface area contributed by atoms with Crippen LogP contribution in [0.15, 0.2) is 47.2 Å². The molecule has 3 heterocycles. The predicted molar refractivity (Wildman–Crippen MR) is 112 cm³/mol. The van der Waals surface area contributed by atoms with Gasteiger partial charge in [0.05, 0.1) is 5.92 Å². The minimum absolute atomic E-state index is 0.0417. The lowest BCUT2D eigenvalue weighted by molar-refractivity contribution is -0.122. The molecule has 7 heteroatoms. The van der Waals surface area contributed by atoms with E-state index in [1.54, 1.807) is 11.3 Å². The summed E-state index contributed by atoms with van der Waals surface area (Å²) in [5.41, 5.74) is 1.86. The first-order valence-electron chi connectivity index (χ1n) is 9.78. The van der Waals surface area contributed by atoms with Crippen molar-refractivity contribution in [2.45, 2.75) is 31.3 Å². The predicted octanol–water partition coefficient (Wildman–Crippen LogP) is 2.96. The van der Waals surface area contributed by atoms with Crippen LogP contribution in [0.1, 0.15) is 24.8 Å². The molecule has 0 spiro atoms. The number of thiophene rings is 1. The second-order valence-electron chi connectivity index (χ2n) is 7.56. The van der Waals surface area contributed by atoms with Crippen LogP contribution in [-0.2, 0) is 4.79 Å². The maximum absolute atomic E-state index is 12.8. The van der Waals surface area contributed by atoms with Gasteiger partial charge in [-0.2, -0.15) is 11.3 Å². The van der Waals surface area contributed by atoms with Gasteiger partial charge in [-0.05, 0) is 47.9 Å². The highest BCUT2D eigenvalue weighted by atomic mass is 32.1. The number of hydrogen-bond acceptors (Lipinski definition) is 4. The van der Waals surface area contributed by atoms with Gasteiger partial charge in [-0.1, -0.05) is 18.2 Å². The zero-order valence-electron chi connectivity index (χ0n) is 16.0. The number of piperazine rings is 1. The Morgan fingerprint density at radius 1 is 1.21 bits per heavy atom. The number of amides is 3. The van der Waals surface area contributed by atoms with Crippen molar-refractivity contribution >= 4 is 29.0 Å². The minimum Gasteiger partial charge on any atom is -0.354 e. The number of benzene rings is 1. The van der Waals surface area contributed by atoms with Gasteiger partial charge >= 0.3 is 6.03 Å². The number of carbonyl (C=O) groups is 2. The van der Waals surface area contributed by atoms with Crippen molar-refractivity contribution in [1.82, 2.24) is 15.1 Å². The first kappa shape index (κ1) is 19.0. The van der Waals surface area contributed by atoms with E-state index < -0.39 is 0 Å². The summed E-state index contributed by atoms with van der Waals surface area (Å²) in [5, 5.41) is 10.1. The summed E-state index contributed by atoms with van der Waals surface area (Å²) in [6, 6.07) is 11.9. The summed E-state index contributed by atoms with van der Waals surface area (Å²) in [6.45, 7) is 4.98. The number of nitrogens with one attached hydrogen (secondary N) is 2. The van der Waals surface area contributed by atoms with E-state index in [9.17, 15) is 9.59 Å². The van der Waals surface area contributed by atoms with E-state index in [1.807, 2.05) is 59.0 Å². The summed E-state index contributed by atoms with van der Waals surface area (Å²) in [4.78, 5) is 29.7. The molecule has 1 unspecified atom stereocenters. The fourth-order valence-corrected chi connectivity index (χ4v) is 4.80. The Labute approximate surface area is 169 Å². The first-order valence-corrected chi connectivity index (χ1v) is 10.7. The molecule has 2 fully saturated rings.